The van der Waals surface area contributed by atoms with Gasteiger partial charge < -0.3 is 19.9 Å². The zero-order valence-corrected chi connectivity index (χ0v) is 22.9. The van der Waals surface area contributed by atoms with Crippen LogP contribution in [-0.2, 0) is 46.2 Å². The van der Waals surface area contributed by atoms with Gasteiger partial charge in [-0.25, -0.2) is 29.6 Å². The fourth-order valence-corrected chi connectivity index (χ4v) is 2.49. The van der Waals surface area contributed by atoms with E-state index in [1.165, 1.54) is 24.3 Å². The van der Waals surface area contributed by atoms with E-state index in [0.717, 1.165) is 0 Å². The van der Waals surface area contributed by atoms with Gasteiger partial charge in [-0.3, -0.25) is 20.4 Å². The number of benzene rings is 2. The first-order chi connectivity index (χ1) is 19.5. The number of nitrogens with two attached hydrogens (primary N) is 2. The number of nitrogens with one attached hydrogen (secondary N) is 3. The van der Waals surface area contributed by atoms with Crippen molar-refractivity contribution in [1.29, 1.82) is 5.41 Å². The lowest BCUT2D eigenvalue weighted by atomic mass is 10.1. The van der Waals surface area contributed by atoms with Crippen molar-refractivity contribution < 1.29 is 42.2 Å². The van der Waals surface area contributed by atoms with E-state index in [9.17, 15) is 28.0 Å². The number of hydrogen-bond acceptors (Lipinski definition) is 10. The molecule has 2 aromatic rings. The van der Waals surface area contributed by atoms with Gasteiger partial charge in [-0.05, 0) is 44.0 Å². The van der Waals surface area contributed by atoms with Gasteiger partial charge in [-0.2, -0.15) is 0 Å². The van der Waals surface area contributed by atoms with Crippen LogP contribution in [-0.4, -0.2) is 55.3 Å². The van der Waals surface area contributed by atoms with Gasteiger partial charge in [0, 0.05) is 0 Å². The molecule has 2 aromatic carbocycles. The van der Waals surface area contributed by atoms with Crippen molar-refractivity contribution in [3.63, 3.8) is 0 Å². The number of carbonyl (C=O) groups is 4. The molecule has 0 heterocycles. The molecule has 0 spiro atoms. The van der Waals surface area contributed by atoms with E-state index in [4.69, 9.17) is 17.0 Å². The SMILES string of the molecule is CCOC(=N)C(=O)OCC.CCOC(=O)C(N)=NNC(=O)Cc1ccccc1F.NNC(=O)Cc1ccccc1F. The Morgan fingerprint density at radius 3 is 1.66 bits per heavy atom. The quantitative estimate of drug-likeness (QED) is 0.0759. The molecular weight excluding hydrogens is 546 g/mol. The van der Waals surface area contributed by atoms with E-state index in [-0.39, 0.29) is 37.4 Å². The molecule has 15 heteroatoms. The van der Waals surface area contributed by atoms with Crippen LogP contribution in [0.5, 0.6) is 0 Å². The van der Waals surface area contributed by atoms with E-state index < -0.39 is 41.3 Å². The number of hydrazone groups is 1. The van der Waals surface area contributed by atoms with Gasteiger partial charge >= 0.3 is 11.9 Å². The van der Waals surface area contributed by atoms with Gasteiger partial charge in [0.25, 0.3) is 5.90 Å². The first kappa shape index (κ1) is 36.1. The van der Waals surface area contributed by atoms with E-state index in [1.54, 1.807) is 45.0 Å². The molecule has 0 fully saturated rings. The molecule has 2 rings (SSSR count). The number of hydrazine groups is 1. The Kier molecular flexibility index (Phi) is 18.5. The Labute approximate surface area is 235 Å². The van der Waals surface area contributed by atoms with Crippen LogP contribution in [0.4, 0.5) is 8.78 Å². The summed E-state index contributed by atoms with van der Waals surface area (Å²) in [5, 5.41) is 10.3. The topological polar surface area (TPSA) is 208 Å². The van der Waals surface area contributed by atoms with E-state index in [2.05, 4.69) is 24.7 Å². The number of nitrogens with zero attached hydrogens (tertiary/aromatic N) is 1. The average Bonchev–Trinajstić information content (AvgIpc) is 2.95. The molecule has 0 aliphatic heterocycles. The van der Waals surface area contributed by atoms with Crippen molar-refractivity contribution in [2.75, 3.05) is 19.8 Å². The highest BCUT2D eigenvalue weighted by Crippen LogP contribution is 2.07. The summed E-state index contributed by atoms with van der Waals surface area (Å²) in [6, 6.07) is 12.0. The number of rotatable bonds is 8. The molecule has 0 aliphatic carbocycles. The zero-order valence-electron chi connectivity index (χ0n) is 22.9. The van der Waals surface area contributed by atoms with Crippen LogP contribution in [0, 0.1) is 17.0 Å². The van der Waals surface area contributed by atoms with Gasteiger partial charge in [0.1, 0.15) is 11.6 Å². The smallest absolute Gasteiger partial charge is 0.393 e. The van der Waals surface area contributed by atoms with Crippen molar-refractivity contribution in [3.05, 3.63) is 71.3 Å². The Balaban J connectivity index is 0.000000627. The molecule has 0 aliphatic rings. The number of amidine groups is 1. The lowest BCUT2D eigenvalue weighted by Gasteiger charge is -2.03. The number of ether oxygens (including phenoxy) is 3. The molecule has 2 amide bonds. The summed E-state index contributed by atoms with van der Waals surface area (Å²) in [5.74, 6) is 0.561. The highest BCUT2D eigenvalue weighted by molar-refractivity contribution is 6.34. The highest BCUT2D eigenvalue weighted by Gasteiger charge is 2.11. The predicted octanol–water partition coefficient (Wildman–Crippen LogP) is 1.24. The molecule has 0 radical (unpaired) electrons. The first-order valence-corrected chi connectivity index (χ1v) is 12.1. The molecule has 0 atom stereocenters. The van der Waals surface area contributed by atoms with Crippen LogP contribution >= 0.6 is 0 Å². The third-order valence-corrected chi connectivity index (χ3v) is 4.31. The molecule has 0 bridgehead atoms. The van der Waals surface area contributed by atoms with Crippen LogP contribution in [0.25, 0.3) is 0 Å². The fourth-order valence-electron chi connectivity index (χ4n) is 2.49. The summed E-state index contributed by atoms with van der Waals surface area (Å²) >= 11 is 0. The second kappa shape index (κ2) is 21.0. The third kappa shape index (κ3) is 15.9. The highest BCUT2D eigenvalue weighted by atomic mass is 19.1. The van der Waals surface area contributed by atoms with Gasteiger partial charge in [-0.1, -0.05) is 36.4 Å². The Morgan fingerprint density at radius 1 is 0.780 bits per heavy atom. The average molecular weight is 581 g/mol. The Bertz CT molecular complexity index is 1180. The standard InChI is InChI=1S/C12H14FN3O3.C8H9FN2O.C6H11NO3/c1-2-19-12(18)11(14)16-15-10(17)7-8-5-3-4-6-9(8)13;9-7-4-2-1-3-6(7)5-8(12)11-10;1-3-9-5(7)6(8)10-4-2/h3-6H,2,7H2,1H3,(H2,14,16)(H,15,17);1-4H,5,10H2,(H,11,12);7H,3-4H2,1-2H3. The maximum Gasteiger partial charge on any atom is 0.393 e. The van der Waals surface area contributed by atoms with Crippen LogP contribution in [0.15, 0.2) is 53.6 Å². The number of halogens is 2. The van der Waals surface area contributed by atoms with Crippen molar-refractivity contribution in [2.24, 2.45) is 16.7 Å². The largest absolute Gasteiger partial charge is 0.473 e. The Hall–Kier alpha value is -4.92. The predicted molar refractivity (Wildman–Crippen MR) is 145 cm³/mol. The lowest BCUT2D eigenvalue weighted by molar-refractivity contribution is -0.137. The fraction of sp³-hybridized carbons (Fsp3) is 0.308. The number of esters is 2. The molecule has 0 saturated heterocycles. The third-order valence-electron chi connectivity index (χ3n) is 4.31. The van der Waals surface area contributed by atoms with Gasteiger partial charge in [-0.15, -0.1) is 5.10 Å². The summed E-state index contributed by atoms with van der Waals surface area (Å²) in [5.41, 5.74) is 9.82. The monoisotopic (exact) mass is 580 g/mol. The molecule has 0 unspecified atom stereocenters. The second-order valence-electron chi connectivity index (χ2n) is 7.34. The summed E-state index contributed by atoms with van der Waals surface area (Å²) in [6.45, 7) is 5.73. The maximum absolute atomic E-state index is 13.3. The lowest BCUT2D eigenvalue weighted by Crippen LogP contribution is -2.31. The number of amides is 2. The minimum absolute atomic E-state index is 0.0246. The van der Waals surface area contributed by atoms with E-state index in [0.29, 0.717) is 12.2 Å². The summed E-state index contributed by atoms with van der Waals surface area (Å²) in [4.78, 5) is 43.8. The van der Waals surface area contributed by atoms with E-state index >= 15 is 0 Å². The van der Waals surface area contributed by atoms with Gasteiger partial charge in [0.15, 0.2) is 0 Å². The van der Waals surface area contributed by atoms with Crippen molar-refractivity contribution in [3.8, 4) is 0 Å². The molecule has 0 aromatic heterocycles. The summed E-state index contributed by atoms with van der Waals surface area (Å²) < 4.78 is 39.7. The molecule has 224 valence electrons. The first-order valence-electron chi connectivity index (χ1n) is 12.1. The molecule has 41 heavy (non-hydrogen) atoms. The minimum Gasteiger partial charge on any atom is -0.473 e. The van der Waals surface area contributed by atoms with Crippen molar-refractivity contribution >= 4 is 35.5 Å². The van der Waals surface area contributed by atoms with Crippen LogP contribution < -0.4 is 22.4 Å². The van der Waals surface area contributed by atoms with Crippen LogP contribution in [0.3, 0.4) is 0 Å². The molecule has 13 nitrogen and oxygen atoms in total. The Morgan fingerprint density at radius 2 is 1.22 bits per heavy atom. The number of carbonyl (C=O) groups excluding carboxylic acids is 4. The summed E-state index contributed by atoms with van der Waals surface area (Å²) in [7, 11) is 0. The normalized spacial score (nSPS) is 9.95. The van der Waals surface area contributed by atoms with Crippen LogP contribution in [0.1, 0.15) is 31.9 Å². The summed E-state index contributed by atoms with van der Waals surface area (Å²) in [6.07, 6.45) is -0.227. The van der Waals surface area contributed by atoms with Gasteiger partial charge in [0.2, 0.25) is 17.6 Å². The van der Waals surface area contributed by atoms with E-state index in [1.807, 2.05) is 5.43 Å². The zero-order chi connectivity index (χ0) is 31.2. The minimum atomic E-state index is -0.825. The van der Waals surface area contributed by atoms with Gasteiger partial charge in [0.05, 0.1) is 32.7 Å². The van der Waals surface area contributed by atoms with Crippen molar-refractivity contribution in [2.45, 2.75) is 33.6 Å². The maximum atomic E-state index is 13.3. The van der Waals surface area contributed by atoms with Crippen molar-refractivity contribution in [1.82, 2.24) is 10.9 Å². The molecule has 0 saturated carbocycles. The molecule has 7 N–H and O–H groups in total. The molecular formula is C26H34F2N6O7. The second-order valence-corrected chi connectivity index (χ2v) is 7.34. The van der Waals surface area contributed by atoms with Crippen LogP contribution in [0.2, 0.25) is 0 Å². The number of hydrogen-bond donors (Lipinski definition) is 5.